The van der Waals surface area contributed by atoms with Crippen LogP contribution in [-0.4, -0.2) is 31.3 Å². The maximum Gasteiger partial charge on any atom is 0.196 e. The average molecular weight is 451 g/mol. The fraction of sp³-hybridized carbons (Fsp3) is 0.0476. The Balaban J connectivity index is 1.65. The van der Waals surface area contributed by atoms with Crippen molar-refractivity contribution in [2.24, 2.45) is 0 Å². The molecule has 0 atom stereocenters. The first-order valence-electron chi connectivity index (χ1n) is 8.55. The lowest BCUT2D eigenvalue weighted by Crippen LogP contribution is -2.05. The minimum atomic E-state index is 0.0468. The summed E-state index contributed by atoms with van der Waals surface area (Å²) in [6.45, 7) is 0. The summed E-state index contributed by atoms with van der Waals surface area (Å²) in [5.41, 5.74) is 2.53. The van der Waals surface area contributed by atoms with Gasteiger partial charge in [0.2, 0.25) is 0 Å². The van der Waals surface area contributed by atoms with Crippen LogP contribution in [0.3, 0.4) is 0 Å². The maximum atomic E-state index is 12.6. The predicted molar refractivity (Wildman–Crippen MR) is 114 cm³/mol. The number of hydrogen-bond acceptors (Lipinski definition) is 5. The van der Waals surface area contributed by atoms with Gasteiger partial charge in [0.25, 0.3) is 0 Å². The van der Waals surface area contributed by atoms with E-state index in [1.165, 1.54) is 11.8 Å². The van der Waals surface area contributed by atoms with Gasteiger partial charge in [-0.05, 0) is 36.4 Å². The van der Waals surface area contributed by atoms with Crippen molar-refractivity contribution in [2.45, 2.75) is 5.16 Å². The minimum absolute atomic E-state index is 0.0468. The lowest BCUT2D eigenvalue weighted by molar-refractivity contribution is 0.102. The normalized spacial score (nSPS) is 10.8. The molecule has 0 amide bonds. The van der Waals surface area contributed by atoms with Crippen LogP contribution in [0.25, 0.3) is 17.1 Å². The highest BCUT2D eigenvalue weighted by molar-refractivity contribution is 9.10. The van der Waals surface area contributed by atoms with E-state index in [2.05, 4.69) is 31.1 Å². The lowest BCUT2D eigenvalue weighted by Gasteiger charge is -2.10. The van der Waals surface area contributed by atoms with E-state index in [9.17, 15) is 4.79 Å². The zero-order valence-corrected chi connectivity index (χ0v) is 17.1. The molecule has 0 saturated heterocycles. The Morgan fingerprint density at radius 3 is 2.36 bits per heavy atom. The van der Waals surface area contributed by atoms with E-state index < -0.39 is 0 Å². The molecule has 0 aliphatic heterocycles. The number of Topliss-reactive ketones (excluding diaryl/α,β-unsaturated/α-hetero) is 1. The highest BCUT2D eigenvalue weighted by atomic mass is 79.9. The zero-order chi connectivity index (χ0) is 19.3. The van der Waals surface area contributed by atoms with E-state index in [0.29, 0.717) is 16.5 Å². The van der Waals surface area contributed by atoms with Crippen LogP contribution in [0.4, 0.5) is 0 Å². The molecule has 28 heavy (non-hydrogen) atoms. The monoisotopic (exact) mass is 450 g/mol. The van der Waals surface area contributed by atoms with Gasteiger partial charge in [0.05, 0.1) is 5.75 Å². The Kier molecular flexibility index (Phi) is 5.64. The smallest absolute Gasteiger partial charge is 0.196 e. The first-order valence-corrected chi connectivity index (χ1v) is 10.3. The topological polar surface area (TPSA) is 60.7 Å². The van der Waals surface area contributed by atoms with Crippen LogP contribution in [-0.2, 0) is 0 Å². The Labute approximate surface area is 175 Å². The molecule has 0 spiro atoms. The number of halogens is 1. The van der Waals surface area contributed by atoms with Gasteiger partial charge >= 0.3 is 0 Å². The third-order valence-electron chi connectivity index (χ3n) is 4.08. The molecule has 0 unspecified atom stereocenters. The Morgan fingerprint density at radius 2 is 1.64 bits per heavy atom. The second-order valence-corrected chi connectivity index (χ2v) is 7.79. The van der Waals surface area contributed by atoms with Gasteiger partial charge < -0.3 is 0 Å². The molecule has 2 aromatic carbocycles. The van der Waals surface area contributed by atoms with E-state index in [1.54, 1.807) is 12.4 Å². The van der Waals surface area contributed by atoms with Crippen molar-refractivity contribution in [3.8, 4) is 17.1 Å². The third-order valence-corrected chi connectivity index (χ3v) is 5.54. The summed E-state index contributed by atoms with van der Waals surface area (Å²) in [5.74, 6) is 1.04. The van der Waals surface area contributed by atoms with Crippen LogP contribution >= 0.6 is 27.7 Å². The molecule has 0 N–H and O–H groups in total. The molecule has 2 aromatic heterocycles. The Bertz CT molecular complexity index is 1080. The molecule has 2 heterocycles. The van der Waals surface area contributed by atoms with Crippen LogP contribution in [0.5, 0.6) is 0 Å². The molecule has 0 saturated carbocycles. The Morgan fingerprint density at radius 1 is 0.929 bits per heavy atom. The van der Waals surface area contributed by atoms with Crippen LogP contribution in [0.1, 0.15) is 10.4 Å². The molecule has 7 heteroatoms. The molecule has 0 bridgehead atoms. The van der Waals surface area contributed by atoms with Crippen LogP contribution in [0.2, 0.25) is 0 Å². The summed E-state index contributed by atoms with van der Waals surface area (Å²) in [6, 6.07) is 21.0. The average Bonchev–Trinajstić information content (AvgIpc) is 3.18. The SMILES string of the molecule is O=C(CSc1nnc(-c2ccncc2)n1-c1ccccc1)c1ccc(Br)cc1. The number of pyridine rings is 1. The predicted octanol–water partition coefficient (Wildman–Crippen LogP) is 5.07. The summed E-state index contributed by atoms with van der Waals surface area (Å²) in [7, 11) is 0. The van der Waals surface area contributed by atoms with Crippen molar-refractivity contribution in [1.29, 1.82) is 0 Å². The molecule has 0 radical (unpaired) electrons. The summed E-state index contributed by atoms with van der Waals surface area (Å²) < 4.78 is 2.91. The number of nitrogens with zero attached hydrogens (tertiary/aromatic N) is 4. The number of rotatable bonds is 6. The fourth-order valence-corrected chi connectivity index (χ4v) is 3.82. The van der Waals surface area contributed by atoms with Gasteiger partial charge in [-0.2, -0.15) is 0 Å². The molecule has 4 aromatic rings. The molecular formula is C21H15BrN4OS. The van der Waals surface area contributed by atoms with Crippen molar-refractivity contribution in [3.63, 3.8) is 0 Å². The van der Waals surface area contributed by atoms with Gasteiger partial charge in [-0.15, -0.1) is 10.2 Å². The summed E-state index contributed by atoms with van der Waals surface area (Å²) in [6.07, 6.45) is 3.45. The summed E-state index contributed by atoms with van der Waals surface area (Å²) in [4.78, 5) is 16.6. The highest BCUT2D eigenvalue weighted by Crippen LogP contribution is 2.28. The standard InChI is InChI=1S/C21H15BrN4OS/c22-17-8-6-15(7-9-17)19(27)14-28-21-25-24-20(16-10-12-23-13-11-16)26(21)18-4-2-1-3-5-18/h1-13H,14H2. The molecule has 0 aliphatic carbocycles. The van der Waals surface area contributed by atoms with E-state index in [0.717, 1.165) is 15.7 Å². The number of hydrogen-bond donors (Lipinski definition) is 0. The van der Waals surface area contributed by atoms with Crippen LogP contribution in [0, 0.1) is 0 Å². The first kappa shape index (κ1) is 18.6. The van der Waals surface area contributed by atoms with Crippen molar-refractivity contribution in [2.75, 3.05) is 5.75 Å². The number of aromatic nitrogens is 4. The second kappa shape index (κ2) is 8.50. The minimum Gasteiger partial charge on any atom is -0.293 e. The number of thioether (sulfide) groups is 1. The van der Waals surface area contributed by atoms with E-state index >= 15 is 0 Å². The summed E-state index contributed by atoms with van der Waals surface area (Å²) in [5, 5.41) is 9.39. The highest BCUT2D eigenvalue weighted by Gasteiger charge is 2.17. The lowest BCUT2D eigenvalue weighted by atomic mass is 10.2. The number of ketones is 1. The van der Waals surface area contributed by atoms with Gasteiger partial charge in [-0.25, -0.2) is 0 Å². The van der Waals surface area contributed by atoms with E-state index in [-0.39, 0.29) is 11.5 Å². The van der Waals surface area contributed by atoms with Crippen LogP contribution < -0.4 is 0 Å². The number of benzene rings is 2. The van der Waals surface area contributed by atoms with Gasteiger partial charge in [-0.1, -0.05) is 58.0 Å². The van der Waals surface area contributed by atoms with Crippen molar-refractivity contribution in [1.82, 2.24) is 19.7 Å². The van der Waals surface area contributed by atoms with Gasteiger partial charge in [0.1, 0.15) is 0 Å². The fourth-order valence-electron chi connectivity index (χ4n) is 2.71. The molecule has 0 fully saturated rings. The molecule has 138 valence electrons. The van der Waals surface area contributed by atoms with Crippen molar-refractivity contribution >= 4 is 33.5 Å². The second-order valence-electron chi connectivity index (χ2n) is 5.93. The molecule has 5 nitrogen and oxygen atoms in total. The van der Waals surface area contributed by atoms with Gasteiger partial charge in [-0.3, -0.25) is 14.3 Å². The first-order chi connectivity index (χ1) is 13.7. The third kappa shape index (κ3) is 4.05. The van der Waals surface area contributed by atoms with E-state index in [1.807, 2.05) is 71.3 Å². The molecule has 4 rings (SSSR count). The largest absolute Gasteiger partial charge is 0.293 e. The Hall–Kier alpha value is -2.77. The van der Waals surface area contributed by atoms with Gasteiger partial charge in [0.15, 0.2) is 16.8 Å². The summed E-state index contributed by atoms with van der Waals surface area (Å²) >= 11 is 4.77. The number of carbonyl (C=O) groups excluding carboxylic acids is 1. The molecule has 0 aliphatic rings. The zero-order valence-electron chi connectivity index (χ0n) is 14.7. The van der Waals surface area contributed by atoms with Crippen molar-refractivity contribution in [3.05, 3.63) is 89.2 Å². The van der Waals surface area contributed by atoms with E-state index in [4.69, 9.17) is 0 Å². The number of para-hydroxylation sites is 1. The maximum absolute atomic E-state index is 12.6. The molecular weight excluding hydrogens is 436 g/mol. The van der Waals surface area contributed by atoms with Crippen LogP contribution in [0.15, 0.2) is 88.8 Å². The van der Waals surface area contributed by atoms with Gasteiger partial charge in [0, 0.05) is 33.7 Å². The quantitative estimate of drug-likeness (QED) is 0.303. The van der Waals surface area contributed by atoms with Crippen molar-refractivity contribution < 1.29 is 4.79 Å². The number of carbonyl (C=O) groups is 1.